The number of pyridine rings is 1. The maximum absolute atomic E-state index is 5.98. The van der Waals surface area contributed by atoms with Crippen molar-refractivity contribution < 1.29 is 4.74 Å². The van der Waals surface area contributed by atoms with Crippen molar-refractivity contribution in [2.24, 2.45) is 0 Å². The molecule has 0 bridgehead atoms. The van der Waals surface area contributed by atoms with Crippen LogP contribution in [0.15, 0.2) is 30.5 Å². The minimum Gasteiger partial charge on any atom is -0.456 e. The third-order valence-electron chi connectivity index (χ3n) is 1.96. The van der Waals surface area contributed by atoms with Crippen LogP contribution in [0.3, 0.4) is 0 Å². The van der Waals surface area contributed by atoms with Gasteiger partial charge in [0.1, 0.15) is 17.3 Å². The Hall–Kier alpha value is -1.16. The zero-order valence-corrected chi connectivity index (χ0v) is 10.7. The fourth-order valence-corrected chi connectivity index (χ4v) is 1.78. The van der Waals surface area contributed by atoms with Crippen molar-refractivity contribution in [3.05, 3.63) is 45.5 Å². The summed E-state index contributed by atoms with van der Waals surface area (Å²) in [7, 11) is 0. The van der Waals surface area contributed by atoms with E-state index in [1.54, 1.807) is 18.2 Å². The first-order valence-electron chi connectivity index (χ1n) is 4.60. The number of nitrogens with two attached hydrogens (primary N) is 1. The number of ether oxygens (including phenoxy) is 1. The summed E-state index contributed by atoms with van der Waals surface area (Å²) < 4.78 is 5.53. The summed E-state index contributed by atoms with van der Waals surface area (Å²) >= 11 is 17.7. The number of aromatic nitrogens is 1. The number of nitrogen functional groups attached to an aromatic ring is 1. The van der Waals surface area contributed by atoms with Crippen LogP contribution >= 0.6 is 34.8 Å². The van der Waals surface area contributed by atoms with E-state index >= 15 is 0 Å². The SMILES string of the molecule is Nc1cc(Oc2cc(Cl)c(Cl)cc2Cl)ccn1. The van der Waals surface area contributed by atoms with Gasteiger partial charge in [-0.25, -0.2) is 4.98 Å². The molecule has 0 saturated heterocycles. The van der Waals surface area contributed by atoms with E-state index in [2.05, 4.69) is 4.98 Å². The third kappa shape index (κ3) is 2.94. The van der Waals surface area contributed by atoms with Crippen LogP contribution in [0.2, 0.25) is 15.1 Å². The minimum absolute atomic E-state index is 0.360. The number of benzene rings is 1. The van der Waals surface area contributed by atoms with Crippen molar-refractivity contribution in [2.45, 2.75) is 0 Å². The van der Waals surface area contributed by atoms with Crippen LogP contribution in [-0.4, -0.2) is 4.98 Å². The molecule has 0 fully saturated rings. The Kier molecular flexibility index (Phi) is 3.62. The lowest BCUT2D eigenvalue weighted by Gasteiger charge is -2.08. The Morgan fingerprint density at radius 2 is 1.71 bits per heavy atom. The Balaban J connectivity index is 2.33. The molecule has 2 N–H and O–H groups in total. The van der Waals surface area contributed by atoms with Crippen LogP contribution in [0.1, 0.15) is 0 Å². The predicted octanol–water partition coefficient (Wildman–Crippen LogP) is 4.42. The molecule has 0 amide bonds. The molecular formula is C11H7Cl3N2O. The first kappa shape index (κ1) is 12.3. The van der Waals surface area contributed by atoms with Gasteiger partial charge in [0.25, 0.3) is 0 Å². The molecule has 0 atom stereocenters. The quantitative estimate of drug-likeness (QED) is 0.833. The van der Waals surface area contributed by atoms with Gasteiger partial charge in [-0.05, 0) is 12.1 Å². The Labute approximate surface area is 113 Å². The van der Waals surface area contributed by atoms with Crippen molar-refractivity contribution in [1.82, 2.24) is 4.98 Å². The Morgan fingerprint density at radius 3 is 2.41 bits per heavy atom. The monoisotopic (exact) mass is 288 g/mol. The number of anilines is 1. The highest BCUT2D eigenvalue weighted by atomic mass is 35.5. The van der Waals surface area contributed by atoms with Gasteiger partial charge in [-0.15, -0.1) is 0 Å². The molecule has 0 aliphatic rings. The summed E-state index contributed by atoms with van der Waals surface area (Å²) in [5.41, 5.74) is 5.53. The van der Waals surface area contributed by atoms with Gasteiger partial charge in [-0.2, -0.15) is 0 Å². The number of hydrogen-bond donors (Lipinski definition) is 1. The summed E-state index contributed by atoms with van der Waals surface area (Å²) in [6.45, 7) is 0. The van der Waals surface area contributed by atoms with E-state index < -0.39 is 0 Å². The maximum Gasteiger partial charge on any atom is 0.147 e. The van der Waals surface area contributed by atoms with Gasteiger partial charge in [0.05, 0.1) is 15.1 Å². The minimum atomic E-state index is 0.360. The van der Waals surface area contributed by atoms with E-state index in [4.69, 9.17) is 45.3 Å². The van der Waals surface area contributed by atoms with Crippen molar-refractivity contribution in [2.75, 3.05) is 5.73 Å². The molecule has 3 nitrogen and oxygen atoms in total. The molecule has 6 heteroatoms. The number of nitrogens with zero attached hydrogens (tertiary/aromatic N) is 1. The fourth-order valence-electron chi connectivity index (χ4n) is 1.20. The second-order valence-electron chi connectivity index (χ2n) is 3.22. The van der Waals surface area contributed by atoms with E-state index in [1.165, 1.54) is 12.3 Å². The van der Waals surface area contributed by atoms with E-state index in [1.807, 2.05) is 0 Å². The first-order chi connectivity index (χ1) is 8.06. The van der Waals surface area contributed by atoms with Crippen LogP contribution in [-0.2, 0) is 0 Å². The van der Waals surface area contributed by atoms with Gasteiger partial charge >= 0.3 is 0 Å². The summed E-state index contributed by atoms with van der Waals surface area (Å²) in [5.74, 6) is 1.29. The second-order valence-corrected chi connectivity index (χ2v) is 4.44. The topological polar surface area (TPSA) is 48.1 Å². The van der Waals surface area contributed by atoms with Crippen molar-refractivity contribution in [3.63, 3.8) is 0 Å². The standard InChI is InChI=1S/C11H7Cl3N2O/c12-7-4-9(14)10(5-8(7)13)17-6-1-2-16-11(15)3-6/h1-5H,(H2,15,16). The van der Waals surface area contributed by atoms with Gasteiger partial charge in [-0.3, -0.25) is 0 Å². The van der Waals surface area contributed by atoms with Gasteiger partial charge in [0.15, 0.2) is 0 Å². The summed E-state index contributed by atoms with van der Waals surface area (Å²) in [5, 5.41) is 1.11. The average molecular weight is 290 g/mol. The predicted molar refractivity (Wildman–Crippen MR) is 70.2 cm³/mol. The van der Waals surface area contributed by atoms with E-state index in [9.17, 15) is 0 Å². The zero-order chi connectivity index (χ0) is 12.4. The molecule has 0 spiro atoms. The molecule has 0 unspecified atom stereocenters. The van der Waals surface area contributed by atoms with Gasteiger partial charge in [0, 0.05) is 18.3 Å². The van der Waals surface area contributed by atoms with Crippen molar-refractivity contribution >= 4 is 40.6 Å². The number of halogens is 3. The molecule has 2 rings (SSSR count). The van der Waals surface area contributed by atoms with Crippen LogP contribution in [0.25, 0.3) is 0 Å². The largest absolute Gasteiger partial charge is 0.456 e. The van der Waals surface area contributed by atoms with E-state index in [0.717, 1.165) is 0 Å². The molecular weight excluding hydrogens is 282 g/mol. The lowest BCUT2D eigenvalue weighted by Crippen LogP contribution is -1.91. The summed E-state index contributed by atoms with van der Waals surface area (Å²) in [6, 6.07) is 6.31. The van der Waals surface area contributed by atoms with E-state index in [-0.39, 0.29) is 0 Å². The van der Waals surface area contributed by atoms with Gasteiger partial charge < -0.3 is 10.5 Å². The number of hydrogen-bond acceptors (Lipinski definition) is 3. The molecule has 0 aliphatic heterocycles. The molecule has 17 heavy (non-hydrogen) atoms. The smallest absolute Gasteiger partial charge is 0.147 e. The fraction of sp³-hybridized carbons (Fsp3) is 0. The highest BCUT2D eigenvalue weighted by Crippen LogP contribution is 2.36. The lowest BCUT2D eigenvalue weighted by atomic mass is 10.3. The molecule has 0 radical (unpaired) electrons. The molecule has 1 aromatic carbocycles. The molecule has 1 heterocycles. The maximum atomic E-state index is 5.98. The molecule has 2 aromatic rings. The number of rotatable bonds is 2. The molecule has 0 saturated carbocycles. The van der Waals surface area contributed by atoms with E-state index in [0.29, 0.717) is 32.4 Å². The molecule has 88 valence electrons. The third-order valence-corrected chi connectivity index (χ3v) is 2.97. The Morgan fingerprint density at radius 1 is 1.00 bits per heavy atom. The van der Waals surface area contributed by atoms with Crippen LogP contribution < -0.4 is 10.5 Å². The normalized spacial score (nSPS) is 10.3. The summed E-state index contributed by atoms with van der Waals surface area (Å²) in [6.07, 6.45) is 1.54. The van der Waals surface area contributed by atoms with Gasteiger partial charge in [-0.1, -0.05) is 34.8 Å². The second kappa shape index (κ2) is 5.00. The van der Waals surface area contributed by atoms with Crippen LogP contribution in [0.4, 0.5) is 5.82 Å². The molecule has 0 aliphatic carbocycles. The highest BCUT2D eigenvalue weighted by Gasteiger charge is 2.08. The van der Waals surface area contributed by atoms with Crippen LogP contribution in [0, 0.1) is 0 Å². The average Bonchev–Trinajstić information content (AvgIpc) is 2.26. The summed E-state index contributed by atoms with van der Waals surface area (Å²) in [4.78, 5) is 3.85. The highest BCUT2D eigenvalue weighted by molar-refractivity contribution is 6.43. The van der Waals surface area contributed by atoms with Gasteiger partial charge in [0.2, 0.25) is 0 Å². The van der Waals surface area contributed by atoms with Crippen molar-refractivity contribution in [3.8, 4) is 11.5 Å². The van der Waals surface area contributed by atoms with Crippen molar-refractivity contribution in [1.29, 1.82) is 0 Å². The Bertz CT molecular complexity index is 560. The lowest BCUT2D eigenvalue weighted by molar-refractivity contribution is 0.482. The first-order valence-corrected chi connectivity index (χ1v) is 5.73. The zero-order valence-electron chi connectivity index (χ0n) is 8.45. The van der Waals surface area contributed by atoms with Crippen LogP contribution in [0.5, 0.6) is 11.5 Å². The molecule has 1 aromatic heterocycles.